The Bertz CT molecular complexity index is 536. The highest BCUT2D eigenvalue weighted by molar-refractivity contribution is 9.10. The van der Waals surface area contributed by atoms with E-state index in [1.165, 1.54) is 0 Å². The molecule has 1 heterocycles. The summed E-state index contributed by atoms with van der Waals surface area (Å²) in [5, 5.41) is 2.78. The fraction of sp³-hybridized carbons (Fsp3) is 0.154. The molecule has 0 bridgehead atoms. The van der Waals surface area contributed by atoms with Crippen molar-refractivity contribution in [2.24, 2.45) is 0 Å². The molecule has 2 rings (SSSR count). The maximum Gasteiger partial charge on any atom is 0.287 e. The Morgan fingerprint density at radius 3 is 2.39 bits per heavy atom. The number of amides is 1. The molecule has 18 heavy (non-hydrogen) atoms. The van der Waals surface area contributed by atoms with Gasteiger partial charge in [0.1, 0.15) is 0 Å². The van der Waals surface area contributed by atoms with Crippen molar-refractivity contribution in [3.05, 3.63) is 58.0 Å². The number of alkyl halides is 1. The molecular weight excluding hydrogens is 318 g/mol. The van der Waals surface area contributed by atoms with Crippen LogP contribution in [0, 0.1) is 0 Å². The van der Waals surface area contributed by atoms with E-state index >= 15 is 0 Å². The molecule has 5 heteroatoms. The number of nitrogens with one attached hydrogen (secondary N) is 1. The fourth-order valence-corrected chi connectivity index (χ4v) is 1.94. The summed E-state index contributed by atoms with van der Waals surface area (Å²) in [5.41, 5.74) is 2.07. The molecule has 1 N–H and O–H groups in total. The average Bonchev–Trinajstić information content (AvgIpc) is 2.83. The van der Waals surface area contributed by atoms with Gasteiger partial charge in [0.25, 0.3) is 5.91 Å². The summed E-state index contributed by atoms with van der Waals surface area (Å²) >= 11 is 8.86. The van der Waals surface area contributed by atoms with Crippen molar-refractivity contribution < 1.29 is 9.21 Å². The summed E-state index contributed by atoms with van der Waals surface area (Å²) in [6, 6.07) is 11.1. The van der Waals surface area contributed by atoms with Gasteiger partial charge in [-0.25, -0.2) is 0 Å². The molecule has 0 radical (unpaired) electrons. The molecule has 0 saturated carbocycles. The van der Waals surface area contributed by atoms with Crippen LogP contribution < -0.4 is 5.32 Å². The summed E-state index contributed by atoms with van der Waals surface area (Å²) in [5.74, 6) is 0.550. The maximum atomic E-state index is 11.7. The normalized spacial score (nSPS) is 10.3. The molecule has 0 aliphatic rings. The maximum absolute atomic E-state index is 11.7. The lowest BCUT2D eigenvalue weighted by atomic mass is 10.1. The van der Waals surface area contributed by atoms with Gasteiger partial charge in [-0.05, 0) is 39.2 Å². The molecule has 0 aliphatic carbocycles. The summed E-state index contributed by atoms with van der Waals surface area (Å²) in [6.45, 7) is 0.458. The van der Waals surface area contributed by atoms with E-state index in [0.717, 1.165) is 11.1 Å². The molecule has 0 unspecified atom stereocenters. The quantitative estimate of drug-likeness (QED) is 0.869. The van der Waals surface area contributed by atoms with Gasteiger partial charge in [-0.3, -0.25) is 4.79 Å². The number of rotatable bonds is 4. The lowest BCUT2D eigenvalue weighted by Crippen LogP contribution is -2.22. The number of furan rings is 1. The lowest BCUT2D eigenvalue weighted by molar-refractivity contribution is 0.0922. The minimum absolute atomic E-state index is 0.234. The molecule has 2 aromatic rings. The van der Waals surface area contributed by atoms with Gasteiger partial charge in [0.15, 0.2) is 10.4 Å². The molecule has 0 fully saturated rings. The van der Waals surface area contributed by atoms with Crippen LogP contribution in [-0.2, 0) is 12.4 Å². The van der Waals surface area contributed by atoms with E-state index in [0.29, 0.717) is 22.9 Å². The van der Waals surface area contributed by atoms with Crippen molar-refractivity contribution >= 4 is 33.4 Å². The zero-order chi connectivity index (χ0) is 13.0. The molecule has 1 amide bonds. The van der Waals surface area contributed by atoms with E-state index in [4.69, 9.17) is 16.0 Å². The Labute approximate surface area is 118 Å². The highest BCUT2D eigenvalue weighted by Gasteiger charge is 2.09. The van der Waals surface area contributed by atoms with Crippen molar-refractivity contribution in [2.75, 3.05) is 0 Å². The van der Waals surface area contributed by atoms with E-state index in [9.17, 15) is 4.79 Å². The Morgan fingerprint density at radius 1 is 1.17 bits per heavy atom. The SMILES string of the molecule is O=C(NCc1ccc(CCl)cc1)c1ccc(Br)o1. The van der Waals surface area contributed by atoms with Gasteiger partial charge in [-0.1, -0.05) is 24.3 Å². The standard InChI is InChI=1S/C13H11BrClNO2/c14-12-6-5-11(18-12)13(17)16-8-10-3-1-9(7-15)2-4-10/h1-6H,7-8H2,(H,16,17). The number of hydrogen-bond donors (Lipinski definition) is 1. The summed E-state index contributed by atoms with van der Waals surface area (Å²) in [4.78, 5) is 11.7. The average molecular weight is 329 g/mol. The third kappa shape index (κ3) is 3.37. The van der Waals surface area contributed by atoms with Gasteiger partial charge in [-0.2, -0.15) is 0 Å². The first-order valence-corrected chi connectivity index (χ1v) is 6.69. The number of hydrogen-bond acceptors (Lipinski definition) is 2. The Balaban J connectivity index is 1.92. The second-order valence-corrected chi connectivity index (χ2v) is 4.79. The van der Waals surface area contributed by atoms with Gasteiger partial charge in [-0.15, -0.1) is 11.6 Å². The van der Waals surface area contributed by atoms with Crippen LogP contribution in [0.2, 0.25) is 0 Å². The second-order valence-electron chi connectivity index (χ2n) is 3.74. The fourth-order valence-electron chi connectivity index (χ4n) is 1.45. The molecule has 0 aliphatic heterocycles. The predicted octanol–water partition coefficient (Wildman–Crippen LogP) is 3.71. The topological polar surface area (TPSA) is 42.2 Å². The Hall–Kier alpha value is -1.26. The van der Waals surface area contributed by atoms with Crippen molar-refractivity contribution in [3.63, 3.8) is 0 Å². The van der Waals surface area contributed by atoms with Gasteiger partial charge in [0.2, 0.25) is 0 Å². The van der Waals surface area contributed by atoms with E-state index in [-0.39, 0.29) is 5.91 Å². The minimum Gasteiger partial charge on any atom is -0.444 e. The van der Waals surface area contributed by atoms with Crippen LogP contribution >= 0.6 is 27.5 Å². The number of halogens is 2. The molecule has 94 valence electrons. The highest BCUT2D eigenvalue weighted by Crippen LogP contribution is 2.14. The lowest BCUT2D eigenvalue weighted by Gasteiger charge is -2.04. The number of benzene rings is 1. The molecule has 0 spiro atoms. The first-order valence-electron chi connectivity index (χ1n) is 5.36. The van der Waals surface area contributed by atoms with E-state index in [1.54, 1.807) is 12.1 Å². The summed E-state index contributed by atoms with van der Waals surface area (Å²) < 4.78 is 5.70. The third-order valence-electron chi connectivity index (χ3n) is 2.43. The molecule has 3 nitrogen and oxygen atoms in total. The predicted molar refractivity (Wildman–Crippen MR) is 73.6 cm³/mol. The van der Waals surface area contributed by atoms with Gasteiger partial charge in [0.05, 0.1) is 0 Å². The smallest absolute Gasteiger partial charge is 0.287 e. The van der Waals surface area contributed by atoms with Crippen molar-refractivity contribution in [1.82, 2.24) is 5.32 Å². The largest absolute Gasteiger partial charge is 0.444 e. The molecule has 1 aromatic heterocycles. The molecule has 1 aromatic carbocycles. The monoisotopic (exact) mass is 327 g/mol. The van der Waals surface area contributed by atoms with Crippen molar-refractivity contribution in [3.8, 4) is 0 Å². The van der Waals surface area contributed by atoms with Gasteiger partial charge >= 0.3 is 0 Å². The van der Waals surface area contributed by atoms with Crippen molar-refractivity contribution in [1.29, 1.82) is 0 Å². The van der Waals surface area contributed by atoms with E-state index in [1.807, 2.05) is 24.3 Å². The van der Waals surface area contributed by atoms with Crippen LogP contribution in [0.3, 0.4) is 0 Å². The Kier molecular flexibility index (Phi) is 4.44. The van der Waals surface area contributed by atoms with Crippen molar-refractivity contribution in [2.45, 2.75) is 12.4 Å². The molecule has 0 atom stereocenters. The van der Waals surface area contributed by atoms with Gasteiger partial charge in [0, 0.05) is 12.4 Å². The van der Waals surface area contributed by atoms with E-state index < -0.39 is 0 Å². The number of carbonyl (C=O) groups is 1. The summed E-state index contributed by atoms with van der Waals surface area (Å²) in [7, 11) is 0. The van der Waals surface area contributed by atoms with Crippen LogP contribution in [0.5, 0.6) is 0 Å². The summed E-state index contributed by atoms with van der Waals surface area (Å²) in [6.07, 6.45) is 0. The van der Waals surface area contributed by atoms with E-state index in [2.05, 4.69) is 21.2 Å². The minimum atomic E-state index is -0.234. The second kappa shape index (κ2) is 6.07. The zero-order valence-electron chi connectivity index (χ0n) is 9.45. The highest BCUT2D eigenvalue weighted by atomic mass is 79.9. The van der Waals surface area contributed by atoms with Crippen LogP contribution in [-0.4, -0.2) is 5.91 Å². The number of carbonyl (C=O) groups excluding carboxylic acids is 1. The Morgan fingerprint density at radius 2 is 1.83 bits per heavy atom. The molecule has 0 saturated heterocycles. The van der Waals surface area contributed by atoms with Crippen LogP contribution in [0.4, 0.5) is 0 Å². The van der Waals surface area contributed by atoms with Crippen LogP contribution in [0.15, 0.2) is 45.5 Å². The third-order valence-corrected chi connectivity index (χ3v) is 3.16. The first-order chi connectivity index (χ1) is 8.69. The zero-order valence-corrected chi connectivity index (χ0v) is 11.8. The van der Waals surface area contributed by atoms with Crippen LogP contribution in [0.25, 0.3) is 0 Å². The van der Waals surface area contributed by atoms with Crippen LogP contribution in [0.1, 0.15) is 21.7 Å². The molecular formula is C13H11BrClNO2. The first kappa shape index (κ1) is 13.2. The van der Waals surface area contributed by atoms with Gasteiger partial charge < -0.3 is 9.73 Å².